The molecule has 0 aliphatic rings. The highest BCUT2D eigenvalue weighted by Gasteiger charge is 1.92. The molecule has 1 rings (SSSR count). The molecule has 0 fully saturated rings. The van der Waals surface area contributed by atoms with Crippen LogP contribution in [0.2, 0.25) is 0 Å². The zero-order valence-corrected chi connectivity index (χ0v) is 7.77. The van der Waals surface area contributed by atoms with Crippen LogP contribution in [0.1, 0.15) is 18.4 Å². The Morgan fingerprint density at radius 3 is 2.64 bits per heavy atom. The highest BCUT2D eigenvalue weighted by Crippen LogP contribution is 1.95. The van der Waals surface area contributed by atoms with Crippen molar-refractivity contribution in [3.8, 4) is 11.8 Å². The summed E-state index contributed by atoms with van der Waals surface area (Å²) in [6.45, 7) is 0.00344. The molecule has 0 saturated carbocycles. The number of hydrogen-bond acceptors (Lipinski definition) is 2. The first-order valence-corrected chi connectivity index (χ1v) is 4.45. The Kier molecular flexibility index (Phi) is 4.22. The number of hydrogen-bond donors (Lipinski definition) is 0. The molecule has 0 bridgehead atoms. The van der Waals surface area contributed by atoms with Gasteiger partial charge in [-0.05, 0) is 12.1 Å². The molecular formula is C11H11NO2. The minimum atomic E-state index is -0.315. The number of nitrogens with zero attached hydrogens (tertiary/aromatic N) is 1. The van der Waals surface area contributed by atoms with Gasteiger partial charge in [-0.25, -0.2) is 0 Å². The van der Waals surface area contributed by atoms with Gasteiger partial charge in [0, 0.05) is 23.3 Å². The van der Waals surface area contributed by atoms with Crippen LogP contribution in [-0.2, 0) is 0 Å². The second-order valence-corrected chi connectivity index (χ2v) is 2.83. The van der Waals surface area contributed by atoms with Crippen LogP contribution >= 0.6 is 0 Å². The third-order valence-electron chi connectivity index (χ3n) is 1.65. The second-order valence-electron chi connectivity index (χ2n) is 2.83. The van der Waals surface area contributed by atoms with E-state index in [4.69, 9.17) is 0 Å². The lowest BCUT2D eigenvalue weighted by atomic mass is 10.2. The minimum absolute atomic E-state index is 0.00344. The summed E-state index contributed by atoms with van der Waals surface area (Å²) in [5.41, 5.74) is 0.952. The molecule has 14 heavy (non-hydrogen) atoms. The van der Waals surface area contributed by atoms with Gasteiger partial charge in [0.25, 0.3) is 0 Å². The molecule has 0 aromatic heterocycles. The lowest BCUT2D eigenvalue weighted by Crippen LogP contribution is -1.98. The van der Waals surface area contributed by atoms with E-state index in [1.807, 2.05) is 30.3 Å². The molecule has 0 spiro atoms. The highest BCUT2D eigenvalue weighted by atomic mass is 16.6. The topological polar surface area (TPSA) is 43.1 Å². The molecule has 1 aromatic carbocycles. The van der Waals surface area contributed by atoms with Gasteiger partial charge < -0.3 is 0 Å². The molecule has 0 atom stereocenters. The Bertz CT molecular complexity index is 349. The van der Waals surface area contributed by atoms with Crippen molar-refractivity contribution in [2.75, 3.05) is 6.54 Å². The summed E-state index contributed by atoms with van der Waals surface area (Å²) in [7, 11) is 0. The molecule has 72 valence electrons. The van der Waals surface area contributed by atoms with Gasteiger partial charge in [0.05, 0.1) is 0 Å². The first-order chi connectivity index (χ1) is 6.79. The van der Waals surface area contributed by atoms with E-state index >= 15 is 0 Å². The summed E-state index contributed by atoms with van der Waals surface area (Å²) in [6, 6.07) is 9.60. The smallest absolute Gasteiger partial charge is 0.204 e. The second kappa shape index (κ2) is 5.76. The molecule has 0 saturated heterocycles. The molecular weight excluding hydrogens is 178 g/mol. The largest absolute Gasteiger partial charge is 0.265 e. The Labute approximate surface area is 82.9 Å². The molecule has 0 aliphatic carbocycles. The van der Waals surface area contributed by atoms with Crippen LogP contribution in [0.25, 0.3) is 0 Å². The van der Waals surface area contributed by atoms with Crippen LogP contribution in [0.3, 0.4) is 0 Å². The van der Waals surface area contributed by atoms with Crippen molar-refractivity contribution < 1.29 is 4.92 Å². The maximum absolute atomic E-state index is 9.99. The Hall–Kier alpha value is -1.82. The quantitative estimate of drug-likeness (QED) is 0.316. The van der Waals surface area contributed by atoms with Crippen LogP contribution in [-0.4, -0.2) is 11.5 Å². The average molecular weight is 189 g/mol. The molecule has 0 radical (unpaired) electrons. The summed E-state index contributed by atoms with van der Waals surface area (Å²) in [4.78, 5) is 9.67. The fraction of sp³-hybridized carbons (Fsp3) is 0.273. The summed E-state index contributed by atoms with van der Waals surface area (Å²) in [5.74, 6) is 5.85. The summed E-state index contributed by atoms with van der Waals surface area (Å²) in [6.07, 6.45) is 1.10. The van der Waals surface area contributed by atoms with Crippen LogP contribution in [0.15, 0.2) is 30.3 Å². The van der Waals surface area contributed by atoms with E-state index in [1.54, 1.807) is 0 Å². The number of benzene rings is 1. The lowest BCUT2D eigenvalue weighted by Gasteiger charge is -1.88. The fourth-order valence-corrected chi connectivity index (χ4v) is 0.983. The van der Waals surface area contributed by atoms with Crippen molar-refractivity contribution >= 4 is 0 Å². The van der Waals surface area contributed by atoms with E-state index in [-0.39, 0.29) is 11.5 Å². The first-order valence-electron chi connectivity index (χ1n) is 4.45. The molecule has 3 nitrogen and oxygen atoms in total. The van der Waals surface area contributed by atoms with E-state index in [0.717, 1.165) is 5.56 Å². The maximum atomic E-state index is 9.99. The molecule has 0 amide bonds. The van der Waals surface area contributed by atoms with Crippen molar-refractivity contribution in [3.63, 3.8) is 0 Å². The number of nitro groups is 1. The minimum Gasteiger partial charge on any atom is -0.265 e. The predicted molar refractivity (Wildman–Crippen MR) is 54.4 cm³/mol. The van der Waals surface area contributed by atoms with Gasteiger partial charge in [-0.15, -0.1) is 0 Å². The van der Waals surface area contributed by atoms with Crippen molar-refractivity contribution in [1.29, 1.82) is 0 Å². The van der Waals surface area contributed by atoms with Gasteiger partial charge in [0.15, 0.2) is 0 Å². The van der Waals surface area contributed by atoms with Crippen LogP contribution in [0.4, 0.5) is 0 Å². The van der Waals surface area contributed by atoms with Crippen LogP contribution in [0.5, 0.6) is 0 Å². The Morgan fingerprint density at radius 1 is 1.29 bits per heavy atom. The molecule has 0 unspecified atom stereocenters. The molecule has 0 heterocycles. The van der Waals surface area contributed by atoms with Crippen molar-refractivity contribution in [2.24, 2.45) is 0 Å². The van der Waals surface area contributed by atoms with Gasteiger partial charge in [0.2, 0.25) is 6.54 Å². The van der Waals surface area contributed by atoms with Crippen LogP contribution < -0.4 is 0 Å². The van der Waals surface area contributed by atoms with Gasteiger partial charge in [-0.1, -0.05) is 30.0 Å². The summed E-state index contributed by atoms with van der Waals surface area (Å²) >= 11 is 0. The van der Waals surface area contributed by atoms with E-state index in [1.165, 1.54) is 0 Å². The van der Waals surface area contributed by atoms with E-state index in [2.05, 4.69) is 11.8 Å². The van der Waals surface area contributed by atoms with E-state index in [0.29, 0.717) is 12.8 Å². The molecule has 0 N–H and O–H groups in total. The van der Waals surface area contributed by atoms with Gasteiger partial charge in [-0.2, -0.15) is 0 Å². The van der Waals surface area contributed by atoms with Crippen molar-refractivity contribution in [2.45, 2.75) is 12.8 Å². The summed E-state index contributed by atoms with van der Waals surface area (Å²) < 4.78 is 0. The van der Waals surface area contributed by atoms with Gasteiger partial charge in [-0.3, -0.25) is 10.1 Å². The van der Waals surface area contributed by atoms with Gasteiger partial charge in [0.1, 0.15) is 0 Å². The SMILES string of the molecule is O=[N+]([O-])CCCC#Cc1ccccc1. The van der Waals surface area contributed by atoms with Crippen molar-refractivity contribution in [3.05, 3.63) is 46.0 Å². The van der Waals surface area contributed by atoms with E-state index in [9.17, 15) is 10.1 Å². The fourth-order valence-electron chi connectivity index (χ4n) is 0.983. The molecule has 3 heteroatoms. The maximum Gasteiger partial charge on any atom is 0.204 e. The number of rotatable bonds is 3. The number of unbranched alkanes of at least 4 members (excludes halogenated alkanes) is 1. The zero-order valence-electron chi connectivity index (χ0n) is 7.77. The van der Waals surface area contributed by atoms with Gasteiger partial charge >= 0.3 is 0 Å². The van der Waals surface area contributed by atoms with E-state index < -0.39 is 0 Å². The third kappa shape index (κ3) is 4.27. The Balaban J connectivity index is 2.31. The zero-order chi connectivity index (χ0) is 10.2. The summed E-state index contributed by atoms with van der Waals surface area (Å²) in [5, 5.41) is 9.99. The molecule has 0 aliphatic heterocycles. The average Bonchev–Trinajstić information content (AvgIpc) is 2.18. The standard InChI is InChI=1S/C11H11NO2/c13-12(14)10-6-2-5-9-11-7-3-1-4-8-11/h1,3-4,7-8H,2,6,10H2. The van der Waals surface area contributed by atoms with Crippen molar-refractivity contribution in [1.82, 2.24) is 0 Å². The monoisotopic (exact) mass is 189 g/mol. The van der Waals surface area contributed by atoms with Crippen LogP contribution in [0, 0.1) is 22.0 Å². The molecule has 1 aromatic rings. The first kappa shape index (κ1) is 10.3. The predicted octanol–water partition coefficient (Wildman–Crippen LogP) is 2.09. The highest BCUT2D eigenvalue weighted by molar-refractivity contribution is 5.33. The Morgan fingerprint density at radius 2 is 2.00 bits per heavy atom. The lowest BCUT2D eigenvalue weighted by molar-refractivity contribution is -0.480. The third-order valence-corrected chi connectivity index (χ3v) is 1.65. The normalized spacial score (nSPS) is 8.86.